The van der Waals surface area contributed by atoms with Gasteiger partial charge in [-0.3, -0.25) is 0 Å². The molecular formula is C21H25N5O. The van der Waals surface area contributed by atoms with Gasteiger partial charge >= 0.3 is 0 Å². The van der Waals surface area contributed by atoms with Gasteiger partial charge in [0.1, 0.15) is 11.8 Å². The van der Waals surface area contributed by atoms with Crippen LogP contribution in [0.25, 0.3) is 11.2 Å². The molecule has 0 aliphatic heterocycles. The summed E-state index contributed by atoms with van der Waals surface area (Å²) in [6.45, 7) is 4.73. The van der Waals surface area contributed by atoms with Crippen LogP contribution in [0.15, 0.2) is 43.0 Å². The molecule has 140 valence electrons. The van der Waals surface area contributed by atoms with E-state index >= 15 is 0 Å². The van der Waals surface area contributed by atoms with Gasteiger partial charge in [-0.2, -0.15) is 0 Å². The molecule has 6 nitrogen and oxygen atoms in total. The molecule has 2 aromatic heterocycles. The third kappa shape index (κ3) is 4.63. The number of ether oxygens (including phenoxy) is 1. The lowest BCUT2D eigenvalue weighted by Crippen LogP contribution is -2.24. The second kappa shape index (κ2) is 9.15. The maximum atomic E-state index is 6.16. The quantitative estimate of drug-likeness (QED) is 0.647. The highest BCUT2D eigenvalue weighted by Crippen LogP contribution is 2.25. The summed E-state index contributed by atoms with van der Waals surface area (Å²) in [6.07, 6.45) is 5.75. The van der Waals surface area contributed by atoms with Crippen LogP contribution in [0, 0.1) is 11.8 Å². The highest BCUT2D eigenvalue weighted by atomic mass is 16.5. The Kier molecular flexibility index (Phi) is 6.39. The molecule has 3 aromatic rings. The molecule has 0 radical (unpaired) electrons. The number of anilines is 1. The summed E-state index contributed by atoms with van der Waals surface area (Å²) >= 11 is 0. The average Bonchev–Trinajstić information content (AvgIpc) is 3.12. The third-order valence-electron chi connectivity index (χ3n) is 4.45. The van der Waals surface area contributed by atoms with Crippen molar-refractivity contribution in [3.05, 3.63) is 48.5 Å². The maximum Gasteiger partial charge on any atom is 0.165 e. The molecule has 6 heteroatoms. The van der Waals surface area contributed by atoms with Crippen LogP contribution in [0.3, 0.4) is 0 Å². The monoisotopic (exact) mass is 363 g/mol. The highest BCUT2D eigenvalue weighted by molar-refractivity contribution is 5.81. The predicted molar refractivity (Wildman–Crippen MR) is 107 cm³/mol. The van der Waals surface area contributed by atoms with Crippen LogP contribution >= 0.6 is 0 Å². The van der Waals surface area contributed by atoms with Gasteiger partial charge in [0.2, 0.25) is 0 Å². The van der Waals surface area contributed by atoms with Crippen LogP contribution in [0.5, 0.6) is 0 Å². The van der Waals surface area contributed by atoms with Crippen molar-refractivity contribution in [2.24, 2.45) is 0 Å². The first-order valence-electron chi connectivity index (χ1n) is 9.25. The minimum absolute atomic E-state index is 0.0163. The van der Waals surface area contributed by atoms with Gasteiger partial charge in [-0.15, -0.1) is 11.8 Å². The summed E-state index contributed by atoms with van der Waals surface area (Å²) in [7, 11) is 0. The topological polar surface area (TPSA) is 78.9 Å². The SMILES string of the molecule is CCCC#CC[C@H]([C@H](C)OCc1ccccc1)n1cnc2c(N)ncnc21. The number of imidazole rings is 1. The van der Waals surface area contributed by atoms with E-state index in [0.29, 0.717) is 30.0 Å². The number of fused-ring (bicyclic) bond motifs is 1. The van der Waals surface area contributed by atoms with E-state index in [-0.39, 0.29) is 12.1 Å². The van der Waals surface area contributed by atoms with Gasteiger partial charge < -0.3 is 15.0 Å². The van der Waals surface area contributed by atoms with E-state index in [9.17, 15) is 0 Å². The first-order chi connectivity index (χ1) is 13.2. The molecule has 0 saturated carbocycles. The molecule has 2 heterocycles. The Bertz CT molecular complexity index is 926. The van der Waals surface area contributed by atoms with Crippen molar-refractivity contribution >= 4 is 17.0 Å². The molecule has 3 rings (SSSR count). The number of hydrogen-bond acceptors (Lipinski definition) is 5. The third-order valence-corrected chi connectivity index (χ3v) is 4.45. The molecule has 0 unspecified atom stereocenters. The molecule has 0 fully saturated rings. The predicted octanol–water partition coefficient (Wildman–Crippen LogP) is 3.75. The van der Waals surface area contributed by atoms with Crippen molar-refractivity contribution in [1.82, 2.24) is 19.5 Å². The molecule has 0 spiro atoms. The van der Waals surface area contributed by atoms with Crippen LogP contribution < -0.4 is 5.73 Å². The molecule has 27 heavy (non-hydrogen) atoms. The summed E-state index contributed by atoms with van der Waals surface area (Å²) in [5.41, 5.74) is 8.39. The van der Waals surface area contributed by atoms with E-state index in [2.05, 4.69) is 52.8 Å². The van der Waals surface area contributed by atoms with Crippen molar-refractivity contribution in [3.63, 3.8) is 0 Å². The summed E-state index contributed by atoms with van der Waals surface area (Å²) in [6, 6.07) is 10.1. The molecule has 0 bridgehead atoms. The Morgan fingerprint density at radius 3 is 2.74 bits per heavy atom. The molecule has 0 amide bonds. The Labute approximate surface area is 159 Å². The normalized spacial score (nSPS) is 13.1. The minimum Gasteiger partial charge on any atom is -0.382 e. The van der Waals surface area contributed by atoms with Crippen LogP contribution in [0.2, 0.25) is 0 Å². The molecule has 2 atom stereocenters. The van der Waals surface area contributed by atoms with Gasteiger partial charge in [0.05, 0.1) is 25.1 Å². The molecule has 0 aliphatic carbocycles. The second-order valence-corrected chi connectivity index (χ2v) is 6.46. The summed E-state index contributed by atoms with van der Waals surface area (Å²) in [5.74, 6) is 6.88. The Balaban J connectivity index is 1.83. The first-order valence-corrected chi connectivity index (χ1v) is 9.25. The summed E-state index contributed by atoms with van der Waals surface area (Å²) in [4.78, 5) is 12.8. The standard InChI is InChI=1S/C21H25N5O/c1-3-4-5-9-12-18(16(2)27-13-17-10-7-6-8-11-17)26-15-25-19-20(22)23-14-24-21(19)26/h6-8,10-11,14-16,18H,3-4,12-13H2,1-2H3,(H2,22,23,24)/t16-,18+/m0/s1. The van der Waals surface area contributed by atoms with E-state index in [1.807, 2.05) is 22.8 Å². The largest absolute Gasteiger partial charge is 0.382 e. The van der Waals surface area contributed by atoms with Gasteiger partial charge in [0, 0.05) is 12.8 Å². The minimum atomic E-state index is -0.0743. The zero-order valence-corrected chi connectivity index (χ0v) is 15.8. The lowest BCUT2D eigenvalue weighted by molar-refractivity contribution is 0.0194. The zero-order chi connectivity index (χ0) is 19.1. The second-order valence-electron chi connectivity index (χ2n) is 6.46. The molecule has 0 aliphatic rings. The van der Waals surface area contributed by atoms with Gasteiger partial charge in [-0.05, 0) is 18.9 Å². The average molecular weight is 363 g/mol. The van der Waals surface area contributed by atoms with Gasteiger partial charge in [-0.25, -0.2) is 15.0 Å². The van der Waals surface area contributed by atoms with Crippen molar-refractivity contribution in [2.45, 2.75) is 51.9 Å². The van der Waals surface area contributed by atoms with E-state index in [1.54, 1.807) is 6.33 Å². The number of nitrogens with two attached hydrogens (primary N) is 1. The Morgan fingerprint density at radius 1 is 1.15 bits per heavy atom. The van der Waals surface area contributed by atoms with Crippen LogP contribution in [-0.2, 0) is 11.3 Å². The maximum absolute atomic E-state index is 6.16. The number of aromatic nitrogens is 4. The number of rotatable bonds is 7. The number of nitrogen functional groups attached to an aromatic ring is 1. The van der Waals surface area contributed by atoms with E-state index in [4.69, 9.17) is 10.5 Å². The fourth-order valence-electron chi connectivity index (χ4n) is 2.91. The van der Waals surface area contributed by atoms with Crippen LogP contribution in [0.4, 0.5) is 5.82 Å². The van der Waals surface area contributed by atoms with Crippen molar-refractivity contribution < 1.29 is 4.74 Å². The molecule has 0 saturated heterocycles. The van der Waals surface area contributed by atoms with Gasteiger partial charge in [0.15, 0.2) is 11.5 Å². The first kappa shape index (κ1) is 18.9. The van der Waals surface area contributed by atoms with Crippen LogP contribution in [0.1, 0.15) is 44.7 Å². The van der Waals surface area contributed by atoms with E-state index in [1.165, 1.54) is 6.33 Å². The summed E-state index contributed by atoms with van der Waals surface area (Å²) in [5, 5.41) is 0. The van der Waals surface area contributed by atoms with Gasteiger partial charge in [0.25, 0.3) is 0 Å². The van der Waals surface area contributed by atoms with Gasteiger partial charge in [-0.1, -0.05) is 37.3 Å². The van der Waals surface area contributed by atoms with E-state index < -0.39 is 0 Å². The molecule has 2 N–H and O–H groups in total. The van der Waals surface area contributed by atoms with Crippen molar-refractivity contribution in [2.75, 3.05) is 5.73 Å². The van der Waals surface area contributed by atoms with Crippen LogP contribution in [-0.4, -0.2) is 25.6 Å². The fourth-order valence-corrected chi connectivity index (χ4v) is 2.91. The lowest BCUT2D eigenvalue weighted by atomic mass is 10.1. The van der Waals surface area contributed by atoms with Crippen molar-refractivity contribution in [3.8, 4) is 11.8 Å². The highest BCUT2D eigenvalue weighted by Gasteiger charge is 2.22. The Hall–Kier alpha value is -2.91. The number of hydrogen-bond donors (Lipinski definition) is 1. The Morgan fingerprint density at radius 2 is 1.96 bits per heavy atom. The van der Waals surface area contributed by atoms with E-state index in [0.717, 1.165) is 18.4 Å². The molecule has 1 aromatic carbocycles. The number of unbranched alkanes of at least 4 members (excludes halogenated alkanes) is 1. The number of nitrogens with zero attached hydrogens (tertiary/aromatic N) is 4. The molecular weight excluding hydrogens is 338 g/mol. The van der Waals surface area contributed by atoms with Crippen molar-refractivity contribution in [1.29, 1.82) is 0 Å². The summed E-state index contributed by atoms with van der Waals surface area (Å²) < 4.78 is 8.16. The lowest BCUT2D eigenvalue weighted by Gasteiger charge is -2.24. The smallest absolute Gasteiger partial charge is 0.165 e. The zero-order valence-electron chi connectivity index (χ0n) is 15.8. The fraction of sp³-hybridized carbons (Fsp3) is 0.381. The number of benzene rings is 1.